The molecule has 1 rings (SSSR count). The molecule has 17 heavy (non-hydrogen) atoms. The van der Waals surface area contributed by atoms with E-state index in [4.69, 9.17) is 9.47 Å². The molecule has 5 nitrogen and oxygen atoms in total. The van der Waals surface area contributed by atoms with Crippen LogP contribution in [0.4, 0.5) is 0 Å². The first-order chi connectivity index (χ1) is 7.92. The van der Waals surface area contributed by atoms with E-state index in [9.17, 15) is 9.59 Å². The molecule has 0 aromatic carbocycles. The van der Waals surface area contributed by atoms with Crippen LogP contribution in [0.5, 0.6) is 0 Å². The van der Waals surface area contributed by atoms with Gasteiger partial charge in [-0.3, -0.25) is 4.79 Å². The van der Waals surface area contributed by atoms with Crippen LogP contribution in [0.3, 0.4) is 0 Å². The molecule has 0 N–H and O–H groups in total. The Labute approximate surface area is 101 Å². The van der Waals surface area contributed by atoms with Crippen molar-refractivity contribution in [2.75, 3.05) is 27.3 Å². The van der Waals surface area contributed by atoms with Gasteiger partial charge in [-0.05, 0) is 20.3 Å². The van der Waals surface area contributed by atoms with Gasteiger partial charge < -0.3 is 14.4 Å². The van der Waals surface area contributed by atoms with Crippen molar-refractivity contribution in [1.82, 2.24) is 4.90 Å². The van der Waals surface area contributed by atoms with E-state index in [1.54, 1.807) is 20.0 Å². The van der Waals surface area contributed by atoms with Gasteiger partial charge in [0.1, 0.15) is 0 Å². The van der Waals surface area contributed by atoms with Crippen molar-refractivity contribution >= 4 is 11.9 Å². The van der Waals surface area contributed by atoms with Crippen LogP contribution in [0, 0.1) is 5.41 Å². The third-order valence-electron chi connectivity index (χ3n) is 2.77. The fourth-order valence-electron chi connectivity index (χ4n) is 2.12. The van der Waals surface area contributed by atoms with Crippen molar-refractivity contribution in [3.05, 3.63) is 11.8 Å². The van der Waals surface area contributed by atoms with Gasteiger partial charge in [-0.15, -0.1) is 0 Å². The smallest absolute Gasteiger partial charge is 0.335 e. The quantitative estimate of drug-likeness (QED) is 0.688. The van der Waals surface area contributed by atoms with Gasteiger partial charge in [0, 0.05) is 19.8 Å². The zero-order valence-electron chi connectivity index (χ0n) is 10.8. The van der Waals surface area contributed by atoms with Crippen molar-refractivity contribution in [2.24, 2.45) is 5.41 Å². The summed E-state index contributed by atoms with van der Waals surface area (Å²) in [4.78, 5) is 25.2. The normalized spacial score (nSPS) is 24.0. The number of rotatable bonds is 3. The summed E-state index contributed by atoms with van der Waals surface area (Å²) in [6, 6.07) is 0. The molecule has 0 saturated carbocycles. The molecule has 1 aliphatic heterocycles. The van der Waals surface area contributed by atoms with E-state index < -0.39 is 5.41 Å². The van der Waals surface area contributed by atoms with Crippen LogP contribution in [0.25, 0.3) is 0 Å². The molecule has 96 valence electrons. The summed E-state index contributed by atoms with van der Waals surface area (Å²) in [6.07, 6.45) is 2.07. The molecule has 1 heterocycles. The van der Waals surface area contributed by atoms with Crippen LogP contribution < -0.4 is 0 Å². The maximum Gasteiger partial charge on any atom is 0.335 e. The molecule has 0 saturated heterocycles. The molecule has 0 bridgehead atoms. The first kappa shape index (κ1) is 13.5. The molecule has 1 atom stereocenters. The molecular weight excluding hydrogens is 222 g/mol. The summed E-state index contributed by atoms with van der Waals surface area (Å²) in [5.74, 6) is -0.673. The second-order valence-electron chi connectivity index (χ2n) is 4.52. The van der Waals surface area contributed by atoms with Gasteiger partial charge in [0.25, 0.3) is 0 Å². The summed E-state index contributed by atoms with van der Waals surface area (Å²) in [6.45, 7) is 4.41. The van der Waals surface area contributed by atoms with E-state index in [2.05, 4.69) is 0 Å². The average molecular weight is 241 g/mol. The topological polar surface area (TPSA) is 55.8 Å². The predicted octanol–water partition coefficient (Wildman–Crippen LogP) is 0.948. The van der Waals surface area contributed by atoms with Crippen molar-refractivity contribution < 1.29 is 19.1 Å². The third kappa shape index (κ3) is 2.99. The highest BCUT2D eigenvalue weighted by Gasteiger charge is 2.40. The van der Waals surface area contributed by atoms with Crippen LogP contribution >= 0.6 is 0 Å². The second-order valence-corrected chi connectivity index (χ2v) is 4.52. The Morgan fingerprint density at radius 3 is 2.71 bits per heavy atom. The summed E-state index contributed by atoms with van der Waals surface area (Å²) >= 11 is 0. The summed E-state index contributed by atoms with van der Waals surface area (Å²) in [5.41, 5.74) is -0.186. The number of carbonyl (C=O) groups is 2. The molecule has 0 radical (unpaired) electrons. The van der Waals surface area contributed by atoms with Gasteiger partial charge >= 0.3 is 11.9 Å². The molecule has 0 fully saturated rings. The van der Waals surface area contributed by atoms with Crippen LogP contribution in [-0.4, -0.2) is 44.1 Å². The molecular formula is C12H19NO4. The van der Waals surface area contributed by atoms with E-state index in [0.717, 1.165) is 0 Å². The molecule has 0 aromatic heterocycles. The monoisotopic (exact) mass is 241 g/mol. The van der Waals surface area contributed by atoms with Gasteiger partial charge in [0.15, 0.2) is 0 Å². The van der Waals surface area contributed by atoms with E-state index in [0.29, 0.717) is 25.1 Å². The van der Waals surface area contributed by atoms with Gasteiger partial charge in [0.05, 0.1) is 24.7 Å². The lowest BCUT2D eigenvalue weighted by Crippen LogP contribution is -2.43. The Kier molecular flexibility index (Phi) is 4.15. The van der Waals surface area contributed by atoms with Gasteiger partial charge in [-0.2, -0.15) is 0 Å². The van der Waals surface area contributed by atoms with Crippen molar-refractivity contribution in [1.29, 1.82) is 0 Å². The van der Waals surface area contributed by atoms with Gasteiger partial charge in [0.2, 0.25) is 0 Å². The minimum Gasteiger partial charge on any atom is -0.469 e. The summed E-state index contributed by atoms with van der Waals surface area (Å²) in [7, 11) is 3.18. The Balaban J connectivity index is 2.89. The highest BCUT2D eigenvalue weighted by Crippen LogP contribution is 2.33. The zero-order chi connectivity index (χ0) is 13.1. The maximum absolute atomic E-state index is 11.7. The minimum absolute atomic E-state index is 0.306. The fourth-order valence-corrected chi connectivity index (χ4v) is 2.12. The lowest BCUT2D eigenvalue weighted by molar-refractivity contribution is -0.153. The molecule has 0 spiro atoms. The molecule has 5 heteroatoms. The van der Waals surface area contributed by atoms with Crippen molar-refractivity contribution in [3.63, 3.8) is 0 Å². The Hall–Kier alpha value is -1.52. The first-order valence-electron chi connectivity index (χ1n) is 5.59. The fraction of sp³-hybridized carbons (Fsp3) is 0.667. The lowest BCUT2D eigenvalue weighted by atomic mass is 9.81. The van der Waals surface area contributed by atoms with Crippen LogP contribution in [0.2, 0.25) is 0 Å². The molecule has 0 aliphatic carbocycles. The standard InChI is InChI=1S/C12H19NO4/c1-5-17-10(14)9-6-12(2,11(15)16-4)8-13(3)7-9/h7H,5-6,8H2,1-4H3. The minimum atomic E-state index is -0.694. The second kappa shape index (κ2) is 5.21. The highest BCUT2D eigenvalue weighted by molar-refractivity contribution is 5.90. The number of methoxy groups -OCH3 is 1. The van der Waals surface area contributed by atoms with Crippen LogP contribution in [0.15, 0.2) is 11.8 Å². The van der Waals surface area contributed by atoms with Crippen molar-refractivity contribution in [2.45, 2.75) is 20.3 Å². The average Bonchev–Trinajstić information content (AvgIpc) is 2.27. The predicted molar refractivity (Wildman–Crippen MR) is 62.1 cm³/mol. The molecule has 1 aliphatic rings. The van der Waals surface area contributed by atoms with E-state index in [1.165, 1.54) is 7.11 Å². The van der Waals surface area contributed by atoms with E-state index in [-0.39, 0.29) is 11.9 Å². The number of ether oxygens (including phenoxy) is 2. The molecule has 1 unspecified atom stereocenters. The summed E-state index contributed by atoms with van der Waals surface area (Å²) < 4.78 is 9.73. The SMILES string of the molecule is CCOC(=O)C1=CN(C)CC(C)(C(=O)OC)C1. The highest BCUT2D eigenvalue weighted by atomic mass is 16.5. The van der Waals surface area contributed by atoms with Crippen LogP contribution in [0.1, 0.15) is 20.3 Å². The molecule has 0 aromatic rings. The lowest BCUT2D eigenvalue weighted by Gasteiger charge is -2.35. The Morgan fingerprint density at radius 1 is 1.53 bits per heavy atom. The summed E-state index contributed by atoms with van der Waals surface area (Å²) in [5, 5.41) is 0. The zero-order valence-corrected chi connectivity index (χ0v) is 10.8. The number of nitrogens with zero attached hydrogens (tertiary/aromatic N) is 1. The van der Waals surface area contributed by atoms with E-state index >= 15 is 0 Å². The first-order valence-corrected chi connectivity index (χ1v) is 5.59. The molecule has 0 amide bonds. The van der Waals surface area contributed by atoms with Crippen molar-refractivity contribution in [3.8, 4) is 0 Å². The van der Waals surface area contributed by atoms with E-state index in [1.807, 2.05) is 11.9 Å². The Morgan fingerprint density at radius 2 is 2.18 bits per heavy atom. The third-order valence-corrected chi connectivity index (χ3v) is 2.77. The number of hydrogen-bond donors (Lipinski definition) is 0. The number of esters is 2. The maximum atomic E-state index is 11.7. The number of hydrogen-bond acceptors (Lipinski definition) is 5. The Bertz CT molecular complexity index is 350. The van der Waals surface area contributed by atoms with Crippen LogP contribution in [-0.2, 0) is 19.1 Å². The van der Waals surface area contributed by atoms with Gasteiger partial charge in [-0.25, -0.2) is 4.79 Å². The number of carbonyl (C=O) groups excluding carboxylic acids is 2. The largest absolute Gasteiger partial charge is 0.469 e. The van der Waals surface area contributed by atoms with Gasteiger partial charge in [-0.1, -0.05) is 0 Å².